The van der Waals surface area contributed by atoms with Gasteiger partial charge in [0.15, 0.2) is 11.5 Å². The van der Waals surface area contributed by atoms with E-state index >= 15 is 0 Å². The first-order chi connectivity index (χ1) is 15.3. The molecule has 32 heavy (non-hydrogen) atoms. The summed E-state index contributed by atoms with van der Waals surface area (Å²) in [5, 5.41) is 3.22. The third kappa shape index (κ3) is 5.02. The maximum Gasteiger partial charge on any atom is 0.262 e. The molecule has 0 spiro atoms. The van der Waals surface area contributed by atoms with E-state index in [1.807, 2.05) is 32.0 Å². The predicted molar refractivity (Wildman–Crippen MR) is 124 cm³/mol. The molecule has 9 nitrogen and oxygen atoms in total. The van der Waals surface area contributed by atoms with Crippen molar-refractivity contribution in [1.82, 2.24) is 9.97 Å². The second-order valence-electron chi connectivity index (χ2n) is 7.52. The fraction of sp³-hybridized carbons (Fsp3) is 0.273. The van der Waals surface area contributed by atoms with Crippen LogP contribution >= 0.6 is 0 Å². The first-order valence-corrected chi connectivity index (χ1v) is 11.6. The Balaban J connectivity index is 1.48. The topological polar surface area (TPSA) is 106 Å². The summed E-state index contributed by atoms with van der Waals surface area (Å²) in [4.78, 5) is 10.8. The van der Waals surface area contributed by atoms with Gasteiger partial charge in [-0.1, -0.05) is 0 Å². The van der Waals surface area contributed by atoms with Crippen molar-refractivity contribution in [2.24, 2.45) is 0 Å². The van der Waals surface area contributed by atoms with E-state index in [0.717, 1.165) is 17.9 Å². The number of sulfonamides is 1. The summed E-state index contributed by atoms with van der Waals surface area (Å²) in [7, 11) is 0.0415. The highest BCUT2D eigenvalue weighted by Crippen LogP contribution is 2.32. The van der Waals surface area contributed by atoms with E-state index in [2.05, 4.69) is 20.0 Å². The Bertz CT molecular complexity index is 1210. The number of ether oxygens (including phenoxy) is 2. The van der Waals surface area contributed by atoms with E-state index in [1.54, 1.807) is 30.3 Å². The largest absolute Gasteiger partial charge is 0.490 e. The van der Waals surface area contributed by atoms with Crippen LogP contribution in [0.3, 0.4) is 0 Å². The van der Waals surface area contributed by atoms with Gasteiger partial charge >= 0.3 is 0 Å². The maximum atomic E-state index is 12.8. The van der Waals surface area contributed by atoms with Crippen LogP contribution in [0.1, 0.15) is 12.2 Å². The van der Waals surface area contributed by atoms with Crippen LogP contribution < -0.4 is 24.4 Å². The van der Waals surface area contributed by atoms with E-state index in [4.69, 9.17) is 9.47 Å². The lowest BCUT2D eigenvalue weighted by Crippen LogP contribution is -2.13. The number of nitrogens with one attached hydrogen (secondary N) is 2. The lowest BCUT2D eigenvalue weighted by molar-refractivity contribution is 0.297. The average molecular weight is 456 g/mol. The summed E-state index contributed by atoms with van der Waals surface area (Å²) < 4.78 is 39.4. The van der Waals surface area contributed by atoms with Crippen LogP contribution in [-0.2, 0) is 10.0 Å². The van der Waals surface area contributed by atoms with Gasteiger partial charge in [0.25, 0.3) is 10.0 Å². The van der Waals surface area contributed by atoms with Gasteiger partial charge in [0.2, 0.25) is 0 Å². The van der Waals surface area contributed by atoms with Gasteiger partial charge in [0.1, 0.15) is 17.5 Å². The Morgan fingerprint density at radius 3 is 2.31 bits per heavy atom. The highest BCUT2D eigenvalue weighted by Gasteiger charge is 2.19. The van der Waals surface area contributed by atoms with Crippen molar-refractivity contribution in [3.8, 4) is 11.5 Å². The monoisotopic (exact) mass is 455 g/mol. The number of aromatic nitrogens is 2. The Morgan fingerprint density at radius 1 is 0.906 bits per heavy atom. The van der Waals surface area contributed by atoms with Gasteiger partial charge in [0.05, 0.1) is 18.1 Å². The van der Waals surface area contributed by atoms with Gasteiger partial charge in [-0.15, -0.1) is 0 Å². The molecule has 0 unspecified atom stereocenters. The van der Waals surface area contributed by atoms with E-state index in [-0.39, 0.29) is 4.90 Å². The first-order valence-electron chi connectivity index (χ1n) is 10.1. The molecule has 1 aliphatic heterocycles. The molecule has 4 rings (SSSR count). The van der Waals surface area contributed by atoms with Crippen LogP contribution in [0, 0.1) is 6.92 Å². The van der Waals surface area contributed by atoms with Gasteiger partial charge < -0.3 is 19.7 Å². The molecule has 168 valence electrons. The number of anilines is 4. The molecular weight excluding hydrogens is 430 g/mol. The minimum atomic E-state index is -3.78. The summed E-state index contributed by atoms with van der Waals surface area (Å²) >= 11 is 0. The third-order valence-electron chi connectivity index (χ3n) is 4.72. The number of rotatable bonds is 6. The molecule has 0 saturated carbocycles. The zero-order chi connectivity index (χ0) is 22.7. The van der Waals surface area contributed by atoms with Crippen molar-refractivity contribution >= 4 is 33.0 Å². The molecule has 2 aromatic carbocycles. The molecule has 0 atom stereocenters. The van der Waals surface area contributed by atoms with Crippen molar-refractivity contribution in [3.05, 3.63) is 54.4 Å². The second kappa shape index (κ2) is 8.91. The molecule has 2 heterocycles. The zero-order valence-corrected chi connectivity index (χ0v) is 18.9. The van der Waals surface area contributed by atoms with Crippen LogP contribution in [0.25, 0.3) is 0 Å². The van der Waals surface area contributed by atoms with Gasteiger partial charge in [-0.25, -0.2) is 18.4 Å². The predicted octanol–water partition coefficient (Wildman–Crippen LogP) is 3.56. The summed E-state index contributed by atoms with van der Waals surface area (Å²) in [6, 6.07) is 13.4. The smallest absolute Gasteiger partial charge is 0.262 e. The fourth-order valence-corrected chi connectivity index (χ4v) is 4.21. The van der Waals surface area contributed by atoms with Crippen molar-refractivity contribution in [1.29, 1.82) is 0 Å². The van der Waals surface area contributed by atoms with Crippen LogP contribution in [-0.4, -0.2) is 45.7 Å². The van der Waals surface area contributed by atoms with E-state index in [1.165, 1.54) is 12.1 Å². The summed E-state index contributed by atoms with van der Waals surface area (Å²) in [5.74, 6) is 3.08. The highest BCUT2D eigenvalue weighted by molar-refractivity contribution is 7.92. The normalized spacial score (nSPS) is 13.2. The molecule has 0 radical (unpaired) electrons. The van der Waals surface area contributed by atoms with Crippen molar-refractivity contribution in [3.63, 3.8) is 0 Å². The van der Waals surface area contributed by atoms with E-state index in [0.29, 0.717) is 42.0 Å². The van der Waals surface area contributed by atoms with Gasteiger partial charge in [0, 0.05) is 44.0 Å². The number of fused-ring (bicyclic) bond motifs is 1. The summed E-state index contributed by atoms with van der Waals surface area (Å²) in [6.07, 6.45) is 0.750. The first kappa shape index (κ1) is 21.7. The van der Waals surface area contributed by atoms with Gasteiger partial charge in [-0.2, -0.15) is 0 Å². The fourth-order valence-electron chi connectivity index (χ4n) is 3.14. The molecule has 1 aromatic heterocycles. The summed E-state index contributed by atoms with van der Waals surface area (Å²) in [5.41, 5.74) is 1.21. The number of hydrogen-bond donors (Lipinski definition) is 2. The highest BCUT2D eigenvalue weighted by atomic mass is 32.2. The minimum Gasteiger partial charge on any atom is -0.490 e. The van der Waals surface area contributed by atoms with Crippen LogP contribution in [0.2, 0.25) is 0 Å². The Labute approximate surface area is 187 Å². The molecule has 0 saturated heterocycles. The standard InChI is InChI=1S/C22H25N5O4S/c1-15-23-21(14-22(24-15)27(2)3)25-16-5-7-17(8-6-16)26-32(28,29)18-9-10-19-20(13-18)31-12-4-11-30-19/h5-10,13-14,26H,4,11-12H2,1-3H3,(H,23,24,25). The third-order valence-corrected chi connectivity index (χ3v) is 6.10. The molecule has 0 fully saturated rings. The molecule has 2 N–H and O–H groups in total. The second-order valence-corrected chi connectivity index (χ2v) is 9.20. The van der Waals surface area contributed by atoms with Crippen LogP contribution in [0.5, 0.6) is 11.5 Å². The lowest BCUT2D eigenvalue weighted by Gasteiger charge is -2.14. The SMILES string of the molecule is Cc1nc(Nc2ccc(NS(=O)(=O)c3ccc4c(c3)OCCCO4)cc2)cc(N(C)C)n1. The van der Waals surface area contributed by atoms with Gasteiger partial charge in [-0.3, -0.25) is 4.72 Å². The Hall–Kier alpha value is -3.53. The molecule has 0 bridgehead atoms. The zero-order valence-electron chi connectivity index (χ0n) is 18.1. The number of benzene rings is 2. The number of nitrogens with zero attached hydrogens (tertiary/aromatic N) is 3. The minimum absolute atomic E-state index is 0.108. The van der Waals surface area contributed by atoms with Crippen molar-refractivity contribution < 1.29 is 17.9 Å². The molecular formula is C22H25N5O4S. The molecule has 10 heteroatoms. The van der Waals surface area contributed by atoms with Crippen LogP contribution in [0.15, 0.2) is 53.4 Å². The molecule has 1 aliphatic rings. The number of aryl methyl sites for hydroxylation is 1. The Kier molecular flexibility index (Phi) is 6.04. The number of hydrogen-bond acceptors (Lipinski definition) is 8. The lowest BCUT2D eigenvalue weighted by atomic mass is 10.3. The molecule has 0 amide bonds. The van der Waals surface area contributed by atoms with E-state index in [9.17, 15) is 8.42 Å². The summed E-state index contributed by atoms with van der Waals surface area (Å²) in [6.45, 7) is 2.86. The van der Waals surface area contributed by atoms with E-state index < -0.39 is 10.0 Å². The molecule has 0 aliphatic carbocycles. The van der Waals surface area contributed by atoms with Crippen LogP contribution in [0.4, 0.5) is 23.0 Å². The Morgan fingerprint density at radius 2 is 1.59 bits per heavy atom. The van der Waals surface area contributed by atoms with Gasteiger partial charge in [-0.05, 0) is 43.3 Å². The maximum absolute atomic E-state index is 12.8. The molecule has 3 aromatic rings. The quantitative estimate of drug-likeness (QED) is 0.581. The van der Waals surface area contributed by atoms with Crippen molar-refractivity contribution in [2.45, 2.75) is 18.2 Å². The average Bonchev–Trinajstić information content (AvgIpc) is 2.99. The van der Waals surface area contributed by atoms with Crippen molar-refractivity contribution in [2.75, 3.05) is 42.2 Å².